The van der Waals surface area contributed by atoms with E-state index in [1.54, 1.807) is 6.20 Å². The van der Waals surface area contributed by atoms with Gasteiger partial charge in [0.15, 0.2) is 0 Å². The van der Waals surface area contributed by atoms with Crippen molar-refractivity contribution in [2.75, 3.05) is 36.7 Å². The molecule has 5 heteroatoms. The fourth-order valence-corrected chi connectivity index (χ4v) is 3.10. The van der Waals surface area contributed by atoms with E-state index in [-0.39, 0.29) is 0 Å². The number of nitrogens with zero attached hydrogens (tertiary/aromatic N) is 2. The van der Waals surface area contributed by atoms with Gasteiger partial charge in [0.1, 0.15) is 18.2 Å². The zero-order chi connectivity index (χ0) is 15.9. The molecular formula is C18H21N3OS. The van der Waals surface area contributed by atoms with Gasteiger partial charge in [-0.1, -0.05) is 18.2 Å². The summed E-state index contributed by atoms with van der Waals surface area (Å²) >= 11 is 1.90. The van der Waals surface area contributed by atoms with Gasteiger partial charge in [-0.3, -0.25) is 0 Å². The van der Waals surface area contributed by atoms with Gasteiger partial charge in [-0.15, -0.1) is 11.8 Å². The van der Waals surface area contributed by atoms with Crippen molar-refractivity contribution in [3.05, 3.63) is 59.9 Å². The number of hydrogen-bond donors (Lipinski definition) is 1. The number of pyridine rings is 1. The average Bonchev–Trinajstić information content (AvgIpc) is 3.10. The second-order valence-corrected chi connectivity index (χ2v) is 6.35. The lowest BCUT2D eigenvalue weighted by molar-refractivity contribution is 0.325. The third-order valence-corrected chi connectivity index (χ3v) is 4.48. The largest absolute Gasteiger partial charge is 0.492 e. The molecule has 23 heavy (non-hydrogen) atoms. The molecule has 1 fully saturated rings. The molecule has 0 aliphatic carbocycles. The molecule has 120 valence electrons. The minimum atomic E-state index is 0.631. The predicted octanol–water partition coefficient (Wildman–Crippen LogP) is 3.23. The quantitative estimate of drug-likeness (QED) is 0.882. The van der Waals surface area contributed by atoms with E-state index in [0.29, 0.717) is 6.61 Å². The van der Waals surface area contributed by atoms with Gasteiger partial charge in [0.2, 0.25) is 0 Å². The maximum atomic E-state index is 5.81. The highest BCUT2D eigenvalue weighted by molar-refractivity contribution is 7.99. The smallest absolute Gasteiger partial charge is 0.128 e. The molecule has 0 unspecified atom stereocenters. The Morgan fingerprint density at radius 2 is 2.13 bits per heavy atom. The third kappa shape index (κ3) is 4.66. The van der Waals surface area contributed by atoms with Crippen molar-refractivity contribution < 1.29 is 4.74 Å². The molecule has 1 saturated heterocycles. The molecule has 1 aromatic carbocycles. The van der Waals surface area contributed by atoms with Crippen molar-refractivity contribution in [2.45, 2.75) is 0 Å². The Morgan fingerprint density at radius 3 is 2.83 bits per heavy atom. The van der Waals surface area contributed by atoms with Crippen LogP contribution in [0.15, 0.2) is 54.4 Å². The topological polar surface area (TPSA) is 37.4 Å². The fourth-order valence-electron chi connectivity index (χ4n) is 2.30. The van der Waals surface area contributed by atoms with Gasteiger partial charge >= 0.3 is 0 Å². The average molecular weight is 327 g/mol. The summed E-state index contributed by atoms with van der Waals surface area (Å²) < 4.78 is 5.81. The molecule has 2 aromatic rings. The number of nitrogens with one attached hydrogen (secondary N) is 1. The van der Waals surface area contributed by atoms with Crippen LogP contribution in [-0.2, 0) is 0 Å². The molecular weight excluding hydrogens is 306 g/mol. The van der Waals surface area contributed by atoms with Crippen LogP contribution in [0.2, 0.25) is 0 Å². The Hall–Kier alpha value is -2.14. The van der Waals surface area contributed by atoms with E-state index in [0.717, 1.165) is 29.7 Å². The van der Waals surface area contributed by atoms with Crippen LogP contribution in [0.3, 0.4) is 0 Å². The van der Waals surface area contributed by atoms with Crippen molar-refractivity contribution >= 4 is 23.7 Å². The molecule has 0 radical (unpaired) electrons. The molecule has 1 aliphatic rings. The number of anilines is 1. The summed E-state index contributed by atoms with van der Waals surface area (Å²) in [6.07, 6.45) is 4.00. The molecule has 1 N–H and O–H groups in total. The highest BCUT2D eigenvalue weighted by Gasteiger charge is 2.05. The number of benzene rings is 1. The van der Waals surface area contributed by atoms with Gasteiger partial charge < -0.3 is 15.0 Å². The second-order valence-electron chi connectivity index (χ2n) is 5.37. The van der Waals surface area contributed by atoms with Crippen LogP contribution in [0.4, 0.5) is 5.82 Å². The maximum Gasteiger partial charge on any atom is 0.128 e. The van der Waals surface area contributed by atoms with E-state index in [1.165, 1.54) is 11.3 Å². The Morgan fingerprint density at radius 1 is 1.26 bits per heavy atom. The van der Waals surface area contributed by atoms with E-state index < -0.39 is 0 Å². The summed E-state index contributed by atoms with van der Waals surface area (Å²) in [6, 6.07) is 14.1. The highest BCUT2D eigenvalue weighted by Crippen LogP contribution is 2.18. The summed E-state index contributed by atoms with van der Waals surface area (Å²) in [5.74, 6) is 3.94. The van der Waals surface area contributed by atoms with Crippen molar-refractivity contribution in [2.24, 2.45) is 0 Å². The lowest BCUT2D eigenvalue weighted by Gasteiger charge is -2.18. The molecule has 0 bridgehead atoms. The van der Waals surface area contributed by atoms with E-state index in [2.05, 4.69) is 33.4 Å². The first-order valence-corrected chi connectivity index (χ1v) is 8.84. The second kappa shape index (κ2) is 7.92. The van der Waals surface area contributed by atoms with Crippen molar-refractivity contribution in [3.63, 3.8) is 0 Å². The molecule has 0 saturated carbocycles. The first-order valence-electron chi connectivity index (χ1n) is 7.68. The Balaban J connectivity index is 1.48. The molecule has 2 heterocycles. The SMILES string of the molecule is CN(CCOc1ccc(/C=C2/CSCN2)cc1)c1ccccn1. The van der Waals surface area contributed by atoms with Gasteiger partial charge in [0.05, 0.1) is 12.4 Å². The first kappa shape index (κ1) is 15.7. The van der Waals surface area contributed by atoms with Crippen LogP contribution in [-0.4, -0.2) is 36.8 Å². The van der Waals surface area contributed by atoms with Crippen LogP contribution in [0.5, 0.6) is 5.75 Å². The van der Waals surface area contributed by atoms with E-state index in [4.69, 9.17) is 4.74 Å². The number of hydrogen-bond acceptors (Lipinski definition) is 5. The van der Waals surface area contributed by atoms with E-state index in [9.17, 15) is 0 Å². The van der Waals surface area contributed by atoms with Crippen molar-refractivity contribution in [1.82, 2.24) is 10.3 Å². The first-order chi connectivity index (χ1) is 11.3. The number of ether oxygens (including phenoxy) is 1. The molecule has 4 nitrogen and oxygen atoms in total. The Bertz CT molecular complexity index is 635. The maximum absolute atomic E-state index is 5.81. The number of rotatable bonds is 6. The normalized spacial score (nSPS) is 15.4. The Labute approximate surface area is 141 Å². The van der Waals surface area contributed by atoms with Crippen molar-refractivity contribution in [3.8, 4) is 5.75 Å². The molecule has 0 atom stereocenters. The molecule has 1 aliphatic heterocycles. The number of likely N-dealkylation sites (N-methyl/N-ethyl adjacent to an activating group) is 1. The molecule has 3 rings (SSSR count). The van der Waals surface area contributed by atoms with Crippen LogP contribution in [0, 0.1) is 0 Å². The predicted molar refractivity (Wildman–Crippen MR) is 97.9 cm³/mol. The van der Waals surface area contributed by atoms with Gasteiger partial charge in [-0.25, -0.2) is 4.98 Å². The van der Waals surface area contributed by atoms with Gasteiger partial charge in [-0.05, 0) is 35.9 Å². The third-order valence-electron chi connectivity index (χ3n) is 3.62. The minimum Gasteiger partial charge on any atom is -0.492 e. The summed E-state index contributed by atoms with van der Waals surface area (Å²) in [6.45, 7) is 1.43. The summed E-state index contributed by atoms with van der Waals surface area (Å²) in [5.41, 5.74) is 2.49. The minimum absolute atomic E-state index is 0.631. The molecule has 1 aromatic heterocycles. The Kier molecular flexibility index (Phi) is 5.42. The standard InChI is InChI=1S/C18H21N3OS/c1-21(18-4-2-3-9-19-18)10-11-22-17-7-5-15(6-8-17)12-16-13-23-14-20-16/h2-9,12,20H,10-11,13-14H2,1H3/b16-12-. The van der Waals surface area contributed by atoms with Crippen LogP contribution < -0.4 is 15.0 Å². The monoisotopic (exact) mass is 327 g/mol. The van der Waals surface area contributed by atoms with Crippen molar-refractivity contribution in [1.29, 1.82) is 0 Å². The summed E-state index contributed by atoms with van der Waals surface area (Å²) in [4.78, 5) is 6.41. The lowest BCUT2D eigenvalue weighted by atomic mass is 10.2. The van der Waals surface area contributed by atoms with Gasteiger partial charge in [0.25, 0.3) is 0 Å². The van der Waals surface area contributed by atoms with E-state index in [1.807, 2.05) is 49.1 Å². The lowest BCUT2D eigenvalue weighted by Crippen LogP contribution is -2.24. The molecule has 0 spiro atoms. The highest BCUT2D eigenvalue weighted by atomic mass is 32.2. The van der Waals surface area contributed by atoms with Crippen LogP contribution in [0.25, 0.3) is 6.08 Å². The van der Waals surface area contributed by atoms with Gasteiger partial charge in [0, 0.05) is 24.7 Å². The van der Waals surface area contributed by atoms with Gasteiger partial charge in [-0.2, -0.15) is 0 Å². The summed E-state index contributed by atoms with van der Waals surface area (Å²) in [7, 11) is 2.02. The number of thioether (sulfide) groups is 1. The number of aromatic nitrogens is 1. The van der Waals surface area contributed by atoms with Crippen LogP contribution in [0.1, 0.15) is 5.56 Å². The van der Waals surface area contributed by atoms with Crippen LogP contribution >= 0.6 is 11.8 Å². The fraction of sp³-hybridized carbons (Fsp3) is 0.278. The summed E-state index contributed by atoms with van der Waals surface area (Å²) in [5, 5.41) is 3.36. The van der Waals surface area contributed by atoms with E-state index >= 15 is 0 Å². The zero-order valence-electron chi connectivity index (χ0n) is 13.2. The zero-order valence-corrected chi connectivity index (χ0v) is 14.1. The molecule has 0 amide bonds.